The standard InChI is InChI=1S/C27H56NO7P/c1-5-6-7-8-9-10-11-12-13-14-15-16-17-18-19-20-21-27(30)33-24-26(29)25-35-36(31,32)34-23-22-28(2,3)4/h26,29H,5-25H2,1-4H3/t26-/m1/s1. The number of unbranched alkanes of at least 4 members (excludes halogenated alkanes) is 15. The fourth-order valence-corrected chi connectivity index (χ4v) is 4.50. The third kappa shape index (κ3) is 26.6. The number of quaternary nitrogens is 1. The normalized spacial score (nSPS) is 14.5. The summed E-state index contributed by atoms with van der Waals surface area (Å²) in [5.41, 5.74) is 0. The van der Waals surface area contributed by atoms with Crippen molar-refractivity contribution >= 4 is 13.8 Å². The predicted molar refractivity (Wildman–Crippen MR) is 144 cm³/mol. The van der Waals surface area contributed by atoms with Crippen LogP contribution in [0.1, 0.15) is 116 Å². The van der Waals surface area contributed by atoms with E-state index in [9.17, 15) is 19.4 Å². The molecule has 0 radical (unpaired) electrons. The molecular formula is C27H56NO7P. The lowest BCUT2D eigenvalue weighted by atomic mass is 10.0. The van der Waals surface area contributed by atoms with Crippen LogP contribution in [0.15, 0.2) is 0 Å². The van der Waals surface area contributed by atoms with E-state index in [1.54, 1.807) is 0 Å². The lowest BCUT2D eigenvalue weighted by molar-refractivity contribution is -0.870. The number of phosphoric acid groups is 1. The molecule has 0 heterocycles. The Hall–Kier alpha value is -0.500. The van der Waals surface area contributed by atoms with Crippen molar-refractivity contribution in [3.05, 3.63) is 0 Å². The predicted octanol–water partition coefficient (Wildman–Crippen LogP) is 5.75. The van der Waals surface area contributed by atoms with Crippen LogP contribution in [0.25, 0.3) is 0 Å². The van der Waals surface area contributed by atoms with Crippen LogP contribution >= 0.6 is 7.82 Å². The zero-order valence-electron chi connectivity index (χ0n) is 23.7. The molecule has 1 N–H and O–H groups in total. The van der Waals surface area contributed by atoms with Gasteiger partial charge in [0.2, 0.25) is 0 Å². The average molecular weight is 538 g/mol. The fraction of sp³-hybridized carbons (Fsp3) is 0.963. The first-order chi connectivity index (χ1) is 17.1. The number of ether oxygens (including phenoxy) is 1. The molecule has 2 atom stereocenters. The highest BCUT2D eigenvalue weighted by Gasteiger charge is 2.16. The van der Waals surface area contributed by atoms with Gasteiger partial charge in [-0.3, -0.25) is 9.36 Å². The van der Waals surface area contributed by atoms with Gasteiger partial charge in [0.1, 0.15) is 25.9 Å². The molecule has 0 spiro atoms. The topological polar surface area (TPSA) is 105 Å². The van der Waals surface area contributed by atoms with E-state index in [4.69, 9.17) is 9.26 Å². The highest BCUT2D eigenvalue weighted by molar-refractivity contribution is 7.45. The van der Waals surface area contributed by atoms with E-state index < -0.39 is 20.5 Å². The van der Waals surface area contributed by atoms with E-state index >= 15 is 0 Å². The number of likely N-dealkylation sites (N-methyl/N-ethyl adjacent to an activating group) is 1. The Bertz CT molecular complexity index is 569. The Morgan fingerprint density at radius 3 is 1.67 bits per heavy atom. The monoisotopic (exact) mass is 537 g/mol. The zero-order valence-corrected chi connectivity index (χ0v) is 24.6. The maximum atomic E-state index is 11.8. The second-order valence-electron chi connectivity index (χ2n) is 11.0. The highest BCUT2D eigenvalue weighted by Crippen LogP contribution is 2.38. The lowest BCUT2D eigenvalue weighted by Gasteiger charge is -2.27. The molecular weight excluding hydrogens is 481 g/mol. The molecule has 0 aliphatic carbocycles. The Morgan fingerprint density at radius 1 is 0.778 bits per heavy atom. The Balaban J connectivity index is 3.50. The molecule has 0 aliphatic rings. The summed E-state index contributed by atoms with van der Waals surface area (Å²) in [7, 11) is 1.26. The molecule has 0 saturated carbocycles. The molecule has 0 rings (SSSR count). The zero-order chi connectivity index (χ0) is 27.1. The SMILES string of the molecule is CCCCCCCCCCCCCCCCCCC(=O)OC[C@@H](O)COP(=O)([O-])OCC[N+](C)(C)C. The van der Waals surface area contributed by atoms with Gasteiger partial charge < -0.3 is 28.3 Å². The van der Waals surface area contributed by atoms with Gasteiger partial charge in [-0.25, -0.2) is 0 Å². The number of hydrogen-bond donors (Lipinski definition) is 1. The van der Waals surface area contributed by atoms with Crippen molar-refractivity contribution in [1.29, 1.82) is 0 Å². The Kier molecular flexibility index (Phi) is 22.2. The van der Waals surface area contributed by atoms with Crippen LogP contribution in [0.3, 0.4) is 0 Å². The number of aliphatic hydroxyl groups excluding tert-OH is 1. The summed E-state index contributed by atoms with van der Waals surface area (Å²) in [6.45, 7) is 1.95. The summed E-state index contributed by atoms with van der Waals surface area (Å²) in [5.74, 6) is -0.385. The summed E-state index contributed by atoms with van der Waals surface area (Å²) >= 11 is 0. The maximum absolute atomic E-state index is 11.8. The van der Waals surface area contributed by atoms with Crippen LogP contribution in [0.5, 0.6) is 0 Å². The molecule has 0 aromatic heterocycles. The number of aliphatic hydroxyl groups is 1. The molecule has 216 valence electrons. The molecule has 8 nitrogen and oxygen atoms in total. The van der Waals surface area contributed by atoms with Gasteiger partial charge in [0.05, 0.1) is 27.7 Å². The summed E-state index contributed by atoms with van der Waals surface area (Å²) in [4.78, 5) is 23.5. The maximum Gasteiger partial charge on any atom is 0.305 e. The highest BCUT2D eigenvalue weighted by atomic mass is 31.2. The van der Waals surface area contributed by atoms with Gasteiger partial charge in [0.15, 0.2) is 0 Å². The van der Waals surface area contributed by atoms with E-state index in [1.807, 2.05) is 21.1 Å². The number of hydrogen-bond acceptors (Lipinski definition) is 7. The van der Waals surface area contributed by atoms with Gasteiger partial charge in [-0.15, -0.1) is 0 Å². The van der Waals surface area contributed by atoms with E-state index in [0.717, 1.165) is 19.3 Å². The minimum Gasteiger partial charge on any atom is -0.756 e. The van der Waals surface area contributed by atoms with Crippen LogP contribution in [0.4, 0.5) is 0 Å². The number of esters is 1. The van der Waals surface area contributed by atoms with Crippen molar-refractivity contribution < 1.29 is 37.6 Å². The number of carbonyl (C=O) groups is 1. The second kappa shape index (κ2) is 22.5. The molecule has 0 aromatic rings. The van der Waals surface area contributed by atoms with Crippen molar-refractivity contribution in [1.82, 2.24) is 0 Å². The van der Waals surface area contributed by atoms with Gasteiger partial charge in [-0.1, -0.05) is 103 Å². The minimum absolute atomic E-state index is 0.00529. The first-order valence-corrected chi connectivity index (χ1v) is 15.8. The smallest absolute Gasteiger partial charge is 0.305 e. The number of nitrogens with zero attached hydrogens (tertiary/aromatic N) is 1. The molecule has 0 saturated heterocycles. The number of rotatable bonds is 26. The largest absolute Gasteiger partial charge is 0.756 e. The van der Waals surface area contributed by atoms with E-state index in [2.05, 4.69) is 11.4 Å². The fourth-order valence-electron chi connectivity index (χ4n) is 3.77. The van der Waals surface area contributed by atoms with Crippen molar-refractivity contribution in [2.24, 2.45) is 0 Å². The van der Waals surface area contributed by atoms with Crippen LogP contribution in [-0.4, -0.2) is 69.2 Å². The molecule has 36 heavy (non-hydrogen) atoms. The average Bonchev–Trinajstić information content (AvgIpc) is 2.80. The van der Waals surface area contributed by atoms with Crippen LogP contribution in [-0.2, 0) is 23.1 Å². The van der Waals surface area contributed by atoms with Crippen LogP contribution in [0.2, 0.25) is 0 Å². The molecule has 0 bridgehead atoms. The molecule has 0 aromatic carbocycles. The number of phosphoric ester groups is 1. The second-order valence-corrected chi connectivity index (χ2v) is 12.4. The molecule has 0 amide bonds. The summed E-state index contributed by atoms with van der Waals surface area (Å²) in [5, 5.41) is 9.81. The summed E-state index contributed by atoms with van der Waals surface area (Å²) < 4.78 is 26.7. The van der Waals surface area contributed by atoms with Crippen LogP contribution < -0.4 is 4.89 Å². The molecule has 0 fully saturated rings. The van der Waals surface area contributed by atoms with Gasteiger partial charge >= 0.3 is 5.97 Å². The first kappa shape index (κ1) is 35.5. The summed E-state index contributed by atoms with van der Waals surface area (Å²) in [6.07, 6.45) is 19.5. The Morgan fingerprint density at radius 2 is 1.22 bits per heavy atom. The molecule has 1 unspecified atom stereocenters. The van der Waals surface area contributed by atoms with Crippen molar-refractivity contribution in [3.63, 3.8) is 0 Å². The summed E-state index contributed by atoms with van der Waals surface area (Å²) in [6, 6.07) is 0. The molecule has 9 heteroatoms. The van der Waals surface area contributed by atoms with Gasteiger partial charge in [0.25, 0.3) is 7.82 Å². The van der Waals surface area contributed by atoms with E-state index in [1.165, 1.54) is 83.5 Å². The van der Waals surface area contributed by atoms with Gasteiger partial charge in [-0.2, -0.15) is 0 Å². The van der Waals surface area contributed by atoms with Crippen molar-refractivity contribution in [2.75, 3.05) is 47.5 Å². The van der Waals surface area contributed by atoms with Crippen molar-refractivity contribution in [3.8, 4) is 0 Å². The van der Waals surface area contributed by atoms with E-state index in [0.29, 0.717) is 17.4 Å². The van der Waals surface area contributed by atoms with E-state index in [-0.39, 0.29) is 19.2 Å². The lowest BCUT2D eigenvalue weighted by Crippen LogP contribution is -2.37. The van der Waals surface area contributed by atoms with Crippen LogP contribution in [0, 0.1) is 0 Å². The third-order valence-corrected chi connectivity index (χ3v) is 7.07. The van der Waals surface area contributed by atoms with Gasteiger partial charge in [0, 0.05) is 6.42 Å². The minimum atomic E-state index is -4.49. The number of carbonyl (C=O) groups excluding carboxylic acids is 1. The third-order valence-electron chi connectivity index (χ3n) is 6.11. The molecule has 0 aliphatic heterocycles. The van der Waals surface area contributed by atoms with Gasteiger partial charge in [-0.05, 0) is 6.42 Å². The quantitative estimate of drug-likeness (QED) is 0.0648. The van der Waals surface area contributed by atoms with Crippen molar-refractivity contribution in [2.45, 2.75) is 122 Å². The Labute approximate surface area is 221 Å². The first-order valence-electron chi connectivity index (χ1n) is 14.3.